The number of nitrogens with zero attached hydrogens (tertiary/aromatic N) is 6. The SMILES string of the molecule is O=[N+]([O-])C(c1nncnn1)[N+](=O)[O-]. The second kappa shape index (κ2) is 3.42. The van der Waals surface area contributed by atoms with Crippen molar-refractivity contribution < 1.29 is 9.85 Å². The summed E-state index contributed by atoms with van der Waals surface area (Å²) in [7, 11) is 0. The molecule has 0 aliphatic carbocycles. The number of hydrogen-bond donors (Lipinski definition) is 0. The van der Waals surface area contributed by atoms with Crippen molar-refractivity contribution in [2.45, 2.75) is 6.17 Å². The van der Waals surface area contributed by atoms with Gasteiger partial charge in [-0.05, 0) is 0 Å². The van der Waals surface area contributed by atoms with Crippen LogP contribution >= 0.6 is 0 Å². The van der Waals surface area contributed by atoms with Gasteiger partial charge in [-0.15, -0.1) is 20.4 Å². The van der Waals surface area contributed by atoms with Crippen LogP contribution in [0.15, 0.2) is 6.33 Å². The van der Waals surface area contributed by atoms with E-state index < -0.39 is 21.8 Å². The Morgan fingerprint density at radius 1 is 1.15 bits per heavy atom. The molecular formula is C3H2N6O4. The minimum absolute atomic E-state index is 0.641. The van der Waals surface area contributed by atoms with Gasteiger partial charge in [-0.1, -0.05) is 0 Å². The number of nitro groups is 2. The summed E-state index contributed by atoms with van der Waals surface area (Å²) in [6.45, 7) is 0. The van der Waals surface area contributed by atoms with E-state index in [0.717, 1.165) is 6.33 Å². The first-order chi connectivity index (χ1) is 6.13. The maximum atomic E-state index is 10.2. The largest absolute Gasteiger partial charge is 0.513 e. The highest BCUT2D eigenvalue weighted by atomic mass is 16.7. The van der Waals surface area contributed by atoms with E-state index in [2.05, 4.69) is 20.4 Å². The lowest BCUT2D eigenvalue weighted by Crippen LogP contribution is -2.22. The lowest BCUT2D eigenvalue weighted by Gasteiger charge is -1.96. The molecule has 0 saturated carbocycles. The van der Waals surface area contributed by atoms with E-state index in [9.17, 15) is 20.2 Å². The second-order valence-corrected chi connectivity index (χ2v) is 1.85. The van der Waals surface area contributed by atoms with E-state index in [1.807, 2.05) is 0 Å². The molecule has 10 heteroatoms. The molecule has 0 N–H and O–H groups in total. The molecular weight excluding hydrogens is 184 g/mol. The Hall–Kier alpha value is -2.26. The van der Waals surface area contributed by atoms with Crippen LogP contribution in [0.25, 0.3) is 0 Å². The summed E-state index contributed by atoms with van der Waals surface area (Å²) in [5.41, 5.74) is 0. The van der Waals surface area contributed by atoms with Gasteiger partial charge in [-0.3, -0.25) is 20.2 Å². The molecule has 0 radical (unpaired) electrons. The first-order valence-electron chi connectivity index (χ1n) is 2.90. The molecule has 0 bridgehead atoms. The van der Waals surface area contributed by atoms with E-state index in [1.165, 1.54) is 0 Å². The fourth-order valence-corrected chi connectivity index (χ4v) is 0.582. The van der Waals surface area contributed by atoms with Crippen LogP contribution in [-0.2, 0) is 0 Å². The molecule has 0 atom stereocenters. The minimum Gasteiger partial charge on any atom is -0.258 e. The Morgan fingerprint density at radius 3 is 2.00 bits per heavy atom. The van der Waals surface area contributed by atoms with Gasteiger partial charge in [-0.2, -0.15) is 0 Å². The maximum absolute atomic E-state index is 10.2. The lowest BCUT2D eigenvalue weighted by atomic mass is 10.5. The average molecular weight is 186 g/mol. The molecule has 68 valence electrons. The third kappa shape index (κ3) is 1.85. The number of hydrogen-bond acceptors (Lipinski definition) is 8. The van der Waals surface area contributed by atoms with Crippen molar-refractivity contribution in [2.75, 3.05) is 0 Å². The Labute approximate surface area is 69.9 Å². The fourth-order valence-electron chi connectivity index (χ4n) is 0.582. The van der Waals surface area contributed by atoms with E-state index in [4.69, 9.17) is 0 Å². The van der Waals surface area contributed by atoms with Gasteiger partial charge in [0, 0.05) is 0 Å². The molecule has 1 aromatic rings. The molecule has 0 aliphatic heterocycles. The predicted octanol–water partition coefficient (Wildman–Crippen LogP) is -1.18. The third-order valence-electron chi connectivity index (χ3n) is 1.05. The fraction of sp³-hybridized carbons (Fsp3) is 0.333. The topological polar surface area (TPSA) is 138 Å². The molecule has 10 nitrogen and oxygen atoms in total. The number of aromatic nitrogens is 4. The smallest absolute Gasteiger partial charge is 0.258 e. The van der Waals surface area contributed by atoms with Gasteiger partial charge < -0.3 is 0 Å². The van der Waals surface area contributed by atoms with Crippen molar-refractivity contribution in [1.82, 2.24) is 20.4 Å². The van der Waals surface area contributed by atoms with Crippen LogP contribution in [0.5, 0.6) is 0 Å². The zero-order chi connectivity index (χ0) is 9.84. The summed E-state index contributed by atoms with van der Waals surface area (Å²) in [5, 5.41) is 32.8. The normalized spacial score (nSPS) is 9.92. The summed E-state index contributed by atoms with van der Waals surface area (Å²) >= 11 is 0. The van der Waals surface area contributed by atoms with Crippen molar-refractivity contribution in [3.63, 3.8) is 0 Å². The Balaban J connectivity index is 3.03. The molecule has 1 aromatic heterocycles. The highest BCUT2D eigenvalue weighted by Gasteiger charge is 2.39. The molecule has 0 fully saturated rings. The van der Waals surface area contributed by atoms with Crippen LogP contribution in [0.3, 0.4) is 0 Å². The average Bonchev–Trinajstić information content (AvgIpc) is 2.04. The highest BCUT2D eigenvalue weighted by Crippen LogP contribution is 2.09. The van der Waals surface area contributed by atoms with Crippen LogP contribution in [0.2, 0.25) is 0 Å². The first kappa shape index (κ1) is 8.83. The lowest BCUT2D eigenvalue weighted by molar-refractivity contribution is -0.754. The van der Waals surface area contributed by atoms with E-state index in [1.54, 1.807) is 0 Å². The monoisotopic (exact) mass is 186 g/mol. The zero-order valence-corrected chi connectivity index (χ0v) is 5.97. The molecule has 0 spiro atoms. The summed E-state index contributed by atoms with van der Waals surface area (Å²) in [4.78, 5) is 18.1. The van der Waals surface area contributed by atoms with Gasteiger partial charge in [0.2, 0.25) is 0 Å². The van der Waals surface area contributed by atoms with Crippen molar-refractivity contribution in [3.8, 4) is 0 Å². The Kier molecular flexibility index (Phi) is 2.33. The summed E-state index contributed by atoms with van der Waals surface area (Å²) < 4.78 is 0. The van der Waals surface area contributed by atoms with Gasteiger partial charge >= 0.3 is 12.0 Å². The standard InChI is InChI=1S/C3H2N6O4/c10-8(11)3(9(12)13)2-6-4-1-5-7-2/h1,3H. The predicted molar refractivity (Wildman–Crippen MR) is 34.4 cm³/mol. The van der Waals surface area contributed by atoms with Gasteiger partial charge in [0.15, 0.2) is 6.33 Å². The molecule has 1 rings (SSSR count). The van der Waals surface area contributed by atoms with E-state index in [-0.39, 0.29) is 0 Å². The van der Waals surface area contributed by atoms with Gasteiger partial charge in [0.05, 0.1) is 0 Å². The minimum atomic E-state index is -2.21. The zero-order valence-electron chi connectivity index (χ0n) is 5.97. The van der Waals surface area contributed by atoms with Crippen molar-refractivity contribution in [2.24, 2.45) is 0 Å². The molecule has 0 unspecified atom stereocenters. The van der Waals surface area contributed by atoms with Crippen molar-refractivity contribution >= 4 is 0 Å². The van der Waals surface area contributed by atoms with Crippen LogP contribution in [-0.4, -0.2) is 30.2 Å². The molecule has 0 aliphatic rings. The highest BCUT2D eigenvalue weighted by molar-refractivity contribution is 4.76. The van der Waals surface area contributed by atoms with Crippen molar-refractivity contribution in [1.29, 1.82) is 0 Å². The van der Waals surface area contributed by atoms with Crippen LogP contribution in [0, 0.1) is 20.2 Å². The van der Waals surface area contributed by atoms with Gasteiger partial charge in [-0.25, -0.2) is 0 Å². The molecule has 13 heavy (non-hydrogen) atoms. The van der Waals surface area contributed by atoms with Gasteiger partial charge in [0.1, 0.15) is 9.85 Å². The second-order valence-electron chi connectivity index (χ2n) is 1.85. The Morgan fingerprint density at radius 2 is 1.62 bits per heavy atom. The quantitative estimate of drug-likeness (QED) is 0.326. The van der Waals surface area contributed by atoms with Crippen LogP contribution < -0.4 is 0 Å². The van der Waals surface area contributed by atoms with Crippen LogP contribution in [0.1, 0.15) is 12.0 Å². The van der Waals surface area contributed by atoms with Crippen LogP contribution in [0.4, 0.5) is 0 Å². The molecule has 1 heterocycles. The van der Waals surface area contributed by atoms with E-state index in [0.29, 0.717) is 0 Å². The first-order valence-corrected chi connectivity index (χ1v) is 2.90. The van der Waals surface area contributed by atoms with E-state index >= 15 is 0 Å². The van der Waals surface area contributed by atoms with Gasteiger partial charge in [0.25, 0.3) is 0 Å². The Bertz CT molecular complexity index is 312. The molecule has 0 aromatic carbocycles. The van der Waals surface area contributed by atoms with Crippen molar-refractivity contribution in [3.05, 3.63) is 32.4 Å². The summed E-state index contributed by atoms with van der Waals surface area (Å²) in [6.07, 6.45) is -1.29. The number of rotatable bonds is 3. The maximum Gasteiger partial charge on any atom is 0.513 e. The summed E-state index contributed by atoms with van der Waals surface area (Å²) in [6, 6.07) is 0. The third-order valence-corrected chi connectivity index (χ3v) is 1.05. The molecule has 0 saturated heterocycles. The summed E-state index contributed by atoms with van der Waals surface area (Å²) in [5.74, 6) is -0.641. The molecule has 0 amide bonds.